The van der Waals surface area contributed by atoms with E-state index in [1.807, 2.05) is 6.92 Å². The number of carboxylic acids is 1. The Balaban J connectivity index is 2.41. The number of aromatic hydroxyl groups is 1. The van der Waals surface area contributed by atoms with Gasteiger partial charge >= 0.3 is 5.97 Å². The molecule has 2 N–H and O–H groups in total. The topological polar surface area (TPSA) is 66.8 Å². The monoisotopic (exact) mass is 360 g/mol. The van der Waals surface area contributed by atoms with Crippen LogP contribution in [0.2, 0.25) is 0 Å². The van der Waals surface area contributed by atoms with Gasteiger partial charge in [-0.15, -0.1) is 0 Å². The van der Waals surface area contributed by atoms with Crippen LogP contribution in [0.25, 0.3) is 0 Å². The van der Waals surface area contributed by atoms with E-state index in [4.69, 9.17) is 4.74 Å². The number of phenols is 1. The van der Waals surface area contributed by atoms with Crippen molar-refractivity contribution in [3.8, 4) is 11.5 Å². The Labute approximate surface area is 156 Å². The molecule has 1 saturated carbocycles. The molecule has 1 aliphatic carbocycles. The second-order valence-electron chi connectivity index (χ2n) is 8.52. The van der Waals surface area contributed by atoms with E-state index >= 15 is 0 Å². The van der Waals surface area contributed by atoms with Crippen molar-refractivity contribution in [2.75, 3.05) is 0 Å². The van der Waals surface area contributed by atoms with E-state index in [9.17, 15) is 15.0 Å². The van der Waals surface area contributed by atoms with Crippen molar-refractivity contribution in [3.05, 3.63) is 35.4 Å². The third kappa shape index (κ3) is 4.60. The summed E-state index contributed by atoms with van der Waals surface area (Å²) in [4.78, 5) is 12.0. The molecule has 4 nitrogen and oxygen atoms in total. The molecule has 0 saturated heterocycles. The number of hydrogen-bond donors (Lipinski definition) is 2. The molecule has 2 rings (SSSR count). The summed E-state index contributed by atoms with van der Waals surface area (Å²) in [5, 5.41) is 19.9. The summed E-state index contributed by atoms with van der Waals surface area (Å²) in [5.41, 5.74) is 1.23. The maximum atomic E-state index is 12.0. The molecule has 1 aromatic carbocycles. The van der Waals surface area contributed by atoms with E-state index in [0.717, 1.165) is 44.1 Å². The van der Waals surface area contributed by atoms with E-state index in [0.29, 0.717) is 12.0 Å². The smallest absolute Gasteiger partial charge is 0.339 e. The zero-order valence-electron chi connectivity index (χ0n) is 16.5. The van der Waals surface area contributed by atoms with Crippen LogP contribution in [-0.2, 0) is 6.42 Å². The molecule has 0 radical (unpaired) electrons. The Hall–Kier alpha value is -1.97. The first-order valence-corrected chi connectivity index (χ1v) is 9.54. The van der Waals surface area contributed by atoms with Crippen LogP contribution in [0.4, 0.5) is 0 Å². The number of unbranched alkanes of at least 4 members (excludes halogenated alkanes) is 2. The average Bonchev–Trinajstić information content (AvgIpc) is 2.50. The molecule has 26 heavy (non-hydrogen) atoms. The maximum absolute atomic E-state index is 12.0. The van der Waals surface area contributed by atoms with Crippen molar-refractivity contribution < 1.29 is 19.7 Å². The predicted molar refractivity (Wildman–Crippen MR) is 104 cm³/mol. The van der Waals surface area contributed by atoms with Crippen LogP contribution in [0.15, 0.2) is 24.3 Å². The maximum Gasteiger partial charge on any atom is 0.339 e. The SMILES string of the molecule is C=C1CCC(C)(C)CC1(C)Oc1cc(O)cc(CCCCC)c1C(=O)O. The van der Waals surface area contributed by atoms with E-state index in [1.165, 1.54) is 6.07 Å². The molecule has 0 aromatic heterocycles. The Morgan fingerprint density at radius 3 is 2.58 bits per heavy atom. The summed E-state index contributed by atoms with van der Waals surface area (Å²) in [7, 11) is 0. The fourth-order valence-corrected chi connectivity index (χ4v) is 3.97. The van der Waals surface area contributed by atoms with Gasteiger partial charge in [-0.2, -0.15) is 0 Å². The molecule has 0 amide bonds. The quantitative estimate of drug-likeness (QED) is 0.481. The largest absolute Gasteiger partial charge is 0.508 e. The standard InChI is InChI=1S/C22H32O4/c1-6-7-8-9-16-12-17(23)13-18(19(16)20(24)25)26-22(5)14-21(3,4)11-10-15(22)2/h12-13,23H,2,6-11,14H2,1,3-5H3,(H,24,25). The highest BCUT2D eigenvalue weighted by Gasteiger charge is 2.41. The first-order valence-electron chi connectivity index (χ1n) is 9.54. The Bertz CT molecular complexity index is 690. The Morgan fingerprint density at radius 2 is 1.96 bits per heavy atom. The number of phenolic OH excluding ortho intramolecular Hbond substituents is 1. The van der Waals surface area contributed by atoms with Gasteiger partial charge in [0.25, 0.3) is 0 Å². The fraction of sp³-hybridized carbons (Fsp3) is 0.591. The average molecular weight is 360 g/mol. The van der Waals surface area contributed by atoms with Crippen molar-refractivity contribution in [3.63, 3.8) is 0 Å². The number of carboxylic acid groups (broad SMARTS) is 1. The lowest BCUT2D eigenvalue weighted by Gasteiger charge is -2.44. The fourth-order valence-electron chi connectivity index (χ4n) is 3.97. The number of rotatable bonds is 7. The van der Waals surface area contributed by atoms with Gasteiger partial charge in [0.1, 0.15) is 22.7 Å². The van der Waals surface area contributed by atoms with Gasteiger partial charge < -0.3 is 14.9 Å². The van der Waals surface area contributed by atoms with Gasteiger partial charge in [-0.3, -0.25) is 0 Å². The first-order chi connectivity index (χ1) is 12.1. The van der Waals surface area contributed by atoms with Crippen LogP contribution < -0.4 is 4.74 Å². The molecule has 1 atom stereocenters. The minimum atomic E-state index is -1.02. The summed E-state index contributed by atoms with van der Waals surface area (Å²) < 4.78 is 6.27. The minimum Gasteiger partial charge on any atom is -0.508 e. The van der Waals surface area contributed by atoms with Crippen LogP contribution in [0, 0.1) is 5.41 Å². The zero-order valence-corrected chi connectivity index (χ0v) is 16.5. The molecule has 4 heteroatoms. The molecule has 0 heterocycles. The normalized spacial score (nSPS) is 22.2. The number of benzene rings is 1. The number of hydrogen-bond acceptors (Lipinski definition) is 3. The first kappa shape index (κ1) is 20.3. The van der Waals surface area contributed by atoms with Gasteiger partial charge in [-0.25, -0.2) is 4.79 Å². The van der Waals surface area contributed by atoms with Crippen molar-refractivity contribution >= 4 is 5.97 Å². The Morgan fingerprint density at radius 1 is 1.27 bits per heavy atom. The predicted octanol–water partition coefficient (Wildman–Crippen LogP) is 5.73. The van der Waals surface area contributed by atoms with Gasteiger partial charge in [0.15, 0.2) is 0 Å². The highest BCUT2D eigenvalue weighted by Crippen LogP contribution is 2.46. The van der Waals surface area contributed by atoms with E-state index in [2.05, 4.69) is 27.4 Å². The second-order valence-corrected chi connectivity index (χ2v) is 8.52. The van der Waals surface area contributed by atoms with Crippen molar-refractivity contribution in [2.24, 2.45) is 5.41 Å². The summed E-state index contributed by atoms with van der Waals surface area (Å²) in [6.07, 6.45) is 6.23. The van der Waals surface area contributed by atoms with Crippen LogP contribution in [-0.4, -0.2) is 21.8 Å². The summed E-state index contributed by atoms with van der Waals surface area (Å²) in [5.74, 6) is -0.734. The van der Waals surface area contributed by atoms with Crippen LogP contribution in [0.5, 0.6) is 11.5 Å². The van der Waals surface area contributed by atoms with Gasteiger partial charge in [0, 0.05) is 6.07 Å². The van der Waals surface area contributed by atoms with Crippen LogP contribution >= 0.6 is 0 Å². The summed E-state index contributed by atoms with van der Waals surface area (Å²) in [6, 6.07) is 2.97. The van der Waals surface area contributed by atoms with Crippen LogP contribution in [0.1, 0.15) is 82.1 Å². The van der Waals surface area contributed by atoms with Gasteiger partial charge in [0.05, 0.1) is 0 Å². The molecule has 1 aromatic rings. The van der Waals surface area contributed by atoms with Crippen molar-refractivity contribution in [1.82, 2.24) is 0 Å². The lowest BCUT2D eigenvalue weighted by atomic mass is 9.68. The van der Waals surface area contributed by atoms with Gasteiger partial charge in [0.2, 0.25) is 0 Å². The van der Waals surface area contributed by atoms with E-state index < -0.39 is 11.6 Å². The van der Waals surface area contributed by atoms with Crippen molar-refractivity contribution in [2.45, 2.75) is 78.2 Å². The molecular formula is C22H32O4. The van der Waals surface area contributed by atoms with Gasteiger partial charge in [-0.05, 0) is 61.6 Å². The molecule has 1 unspecified atom stereocenters. The molecule has 144 valence electrons. The molecule has 1 fully saturated rings. The number of aromatic carboxylic acids is 1. The number of aryl methyl sites for hydroxylation is 1. The lowest BCUT2D eigenvalue weighted by molar-refractivity contribution is 0.0414. The van der Waals surface area contributed by atoms with Crippen LogP contribution in [0.3, 0.4) is 0 Å². The zero-order chi connectivity index (χ0) is 19.5. The third-order valence-electron chi connectivity index (χ3n) is 5.43. The summed E-state index contributed by atoms with van der Waals surface area (Å²) >= 11 is 0. The lowest BCUT2D eigenvalue weighted by Crippen LogP contribution is -2.43. The highest BCUT2D eigenvalue weighted by molar-refractivity contribution is 5.93. The minimum absolute atomic E-state index is 0.0424. The number of ether oxygens (including phenoxy) is 1. The Kier molecular flexibility index (Phi) is 6.05. The van der Waals surface area contributed by atoms with Crippen molar-refractivity contribution in [1.29, 1.82) is 0 Å². The molecule has 0 spiro atoms. The number of carbonyl (C=O) groups is 1. The van der Waals surface area contributed by atoms with E-state index in [1.54, 1.807) is 6.07 Å². The third-order valence-corrected chi connectivity index (χ3v) is 5.43. The summed E-state index contributed by atoms with van der Waals surface area (Å²) in [6.45, 7) is 12.6. The highest BCUT2D eigenvalue weighted by atomic mass is 16.5. The molecule has 0 bridgehead atoms. The molecular weight excluding hydrogens is 328 g/mol. The molecule has 0 aliphatic heterocycles. The molecule has 1 aliphatic rings. The van der Waals surface area contributed by atoms with E-state index in [-0.39, 0.29) is 22.5 Å². The second kappa shape index (κ2) is 7.73. The van der Waals surface area contributed by atoms with Gasteiger partial charge in [-0.1, -0.05) is 40.2 Å².